The Bertz CT molecular complexity index is 2030. The molecule has 0 bridgehead atoms. The van der Waals surface area contributed by atoms with Crippen molar-refractivity contribution in [3.63, 3.8) is 0 Å². The van der Waals surface area contributed by atoms with Crippen LogP contribution in [0, 0.1) is 11.3 Å². The van der Waals surface area contributed by atoms with Crippen LogP contribution in [0.1, 0.15) is 19.4 Å². The number of anilines is 1. The van der Waals surface area contributed by atoms with Gasteiger partial charge in [0.1, 0.15) is 5.82 Å². The van der Waals surface area contributed by atoms with Crippen LogP contribution >= 0.6 is 0 Å². The Labute approximate surface area is 264 Å². The maximum Gasteiger partial charge on any atom is 0.333 e. The molecular weight excluding hydrogens is 586 g/mol. The van der Waals surface area contributed by atoms with Gasteiger partial charge >= 0.3 is 17.6 Å². The number of benzene rings is 2. The lowest BCUT2D eigenvalue weighted by Crippen LogP contribution is -2.43. The SMILES string of the molecule is Cn1c(=O)n(-c2ccc(C(C)(C)C#N)cc2)c2c3cc(-c4ccc(N5CCNCC5)nc4)ccc3ncc21.O=C(O)/C=C\C(=O)O. The maximum atomic E-state index is 13.4. The topological polar surface area (TPSA) is 166 Å². The lowest BCUT2D eigenvalue weighted by atomic mass is 9.86. The van der Waals surface area contributed by atoms with Crippen molar-refractivity contribution < 1.29 is 19.8 Å². The van der Waals surface area contributed by atoms with Gasteiger partial charge in [0.25, 0.3) is 0 Å². The number of aromatic nitrogens is 4. The van der Waals surface area contributed by atoms with E-state index in [1.54, 1.807) is 22.4 Å². The number of nitrogens with one attached hydrogen (secondary N) is 1. The summed E-state index contributed by atoms with van der Waals surface area (Å²) in [7, 11) is 1.77. The summed E-state index contributed by atoms with van der Waals surface area (Å²) in [6, 6.07) is 20.3. The van der Waals surface area contributed by atoms with E-state index in [9.17, 15) is 19.6 Å². The zero-order valence-corrected chi connectivity index (χ0v) is 25.6. The Morgan fingerprint density at radius 3 is 2.17 bits per heavy atom. The molecule has 0 saturated carbocycles. The maximum absolute atomic E-state index is 13.4. The first-order chi connectivity index (χ1) is 22.0. The number of carboxylic acid groups (broad SMARTS) is 2. The van der Waals surface area contributed by atoms with E-state index in [0.29, 0.717) is 12.2 Å². The van der Waals surface area contributed by atoms with Crippen LogP contribution in [-0.4, -0.2) is 67.4 Å². The summed E-state index contributed by atoms with van der Waals surface area (Å²) < 4.78 is 3.36. The van der Waals surface area contributed by atoms with Crippen LogP contribution in [-0.2, 0) is 22.1 Å². The molecule has 2 aromatic carbocycles. The van der Waals surface area contributed by atoms with Gasteiger partial charge in [-0.1, -0.05) is 18.2 Å². The van der Waals surface area contributed by atoms with Gasteiger partial charge in [0, 0.05) is 62.5 Å². The molecule has 0 aliphatic carbocycles. The van der Waals surface area contributed by atoms with E-state index in [1.165, 1.54) is 0 Å². The fourth-order valence-electron chi connectivity index (χ4n) is 5.29. The van der Waals surface area contributed by atoms with E-state index in [-0.39, 0.29) is 5.69 Å². The van der Waals surface area contributed by atoms with Crippen LogP contribution in [0.25, 0.3) is 38.8 Å². The van der Waals surface area contributed by atoms with Gasteiger partial charge in [0.05, 0.1) is 39.9 Å². The van der Waals surface area contributed by atoms with Crippen LogP contribution in [0.5, 0.6) is 0 Å². The number of fused-ring (bicyclic) bond motifs is 3. The van der Waals surface area contributed by atoms with Crippen molar-refractivity contribution in [3.8, 4) is 22.9 Å². The second kappa shape index (κ2) is 13.1. The van der Waals surface area contributed by atoms with E-state index in [4.69, 9.17) is 15.2 Å². The number of imidazole rings is 1. The second-order valence-electron chi connectivity index (χ2n) is 11.3. The number of hydrogen-bond acceptors (Lipinski definition) is 8. The van der Waals surface area contributed by atoms with Crippen LogP contribution in [0.2, 0.25) is 0 Å². The minimum atomic E-state index is -1.26. The van der Waals surface area contributed by atoms with Crippen molar-refractivity contribution in [1.82, 2.24) is 24.4 Å². The molecular formula is C34H33N7O5. The number of piperazine rings is 1. The van der Waals surface area contributed by atoms with Gasteiger partial charge in [-0.3, -0.25) is 14.1 Å². The van der Waals surface area contributed by atoms with E-state index >= 15 is 0 Å². The minimum absolute atomic E-state index is 0.144. The highest BCUT2D eigenvalue weighted by Gasteiger charge is 2.21. The molecule has 1 saturated heterocycles. The number of nitriles is 1. The molecule has 0 amide bonds. The largest absolute Gasteiger partial charge is 0.478 e. The van der Waals surface area contributed by atoms with Crippen molar-refractivity contribution in [1.29, 1.82) is 5.26 Å². The lowest BCUT2D eigenvalue weighted by Gasteiger charge is -2.28. The van der Waals surface area contributed by atoms with Crippen LogP contribution in [0.15, 0.2) is 83.9 Å². The quantitative estimate of drug-likeness (QED) is 0.238. The van der Waals surface area contributed by atoms with E-state index < -0.39 is 17.4 Å². The Hall–Kier alpha value is -5.80. The first-order valence-electron chi connectivity index (χ1n) is 14.6. The average Bonchev–Trinajstić information content (AvgIpc) is 3.33. The summed E-state index contributed by atoms with van der Waals surface area (Å²) in [4.78, 5) is 44.2. The number of aryl methyl sites for hydroxylation is 1. The molecule has 5 aromatic rings. The molecule has 12 nitrogen and oxygen atoms in total. The van der Waals surface area contributed by atoms with Gasteiger partial charge in [-0.05, 0) is 61.4 Å². The Kier molecular flexibility index (Phi) is 8.97. The lowest BCUT2D eigenvalue weighted by molar-refractivity contribution is -0.134. The van der Waals surface area contributed by atoms with Crippen molar-refractivity contribution in [2.75, 3.05) is 31.1 Å². The molecule has 1 aliphatic heterocycles. The molecule has 46 heavy (non-hydrogen) atoms. The van der Waals surface area contributed by atoms with Crippen LogP contribution in [0.3, 0.4) is 0 Å². The number of carboxylic acids is 2. The minimum Gasteiger partial charge on any atom is -0.478 e. The summed E-state index contributed by atoms with van der Waals surface area (Å²) >= 11 is 0. The molecule has 0 unspecified atom stereocenters. The average molecular weight is 620 g/mol. The van der Waals surface area contributed by atoms with Gasteiger partial charge in [-0.2, -0.15) is 5.26 Å². The predicted octanol–water partition coefficient (Wildman–Crippen LogP) is 3.86. The van der Waals surface area contributed by atoms with Crippen LogP contribution in [0.4, 0.5) is 5.82 Å². The third kappa shape index (κ3) is 6.50. The number of hydrogen-bond donors (Lipinski definition) is 3. The zero-order chi connectivity index (χ0) is 33.0. The molecule has 0 spiro atoms. The number of carbonyl (C=O) groups is 2. The van der Waals surface area contributed by atoms with Gasteiger partial charge in [-0.15, -0.1) is 0 Å². The zero-order valence-electron chi connectivity index (χ0n) is 25.6. The highest BCUT2D eigenvalue weighted by atomic mass is 16.4. The summed E-state index contributed by atoms with van der Waals surface area (Å²) in [5, 5.41) is 29.4. The number of pyridine rings is 2. The van der Waals surface area contributed by atoms with Crippen molar-refractivity contribution in [2.45, 2.75) is 19.3 Å². The number of aliphatic carboxylic acids is 2. The molecule has 0 atom stereocenters. The Morgan fingerprint density at radius 1 is 0.935 bits per heavy atom. The third-order valence-corrected chi connectivity index (χ3v) is 7.90. The standard InChI is InChI=1S/C30H29N7O.C4H4O4/c1-30(2,19-31)22-6-8-23(9-7-22)37-28-24-16-20(4-10-25(24)33-18-26(28)35(3)29(37)38)21-5-11-27(34-17-21)36-14-12-32-13-15-36;5-3(6)1-2-4(7)8/h4-11,16-18,32H,12-15H2,1-3H3;1-2H,(H,5,6)(H,7,8)/b;2-1-. The summed E-state index contributed by atoms with van der Waals surface area (Å²) in [6.07, 6.45) is 4.79. The van der Waals surface area contributed by atoms with Crippen molar-refractivity contribution >= 4 is 39.7 Å². The summed E-state index contributed by atoms with van der Waals surface area (Å²) in [5.74, 6) is -1.53. The molecule has 3 aromatic heterocycles. The predicted molar refractivity (Wildman–Crippen MR) is 175 cm³/mol. The van der Waals surface area contributed by atoms with Gasteiger partial charge in [0.15, 0.2) is 0 Å². The summed E-state index contributed by atoms with van der Waals surface area (Å²) in [5.41, 5.74) is 5.30. The Morgan fingerprint density at radius 2 is 1.59 bits per heavy atom. The molecule has 0 radical (unpaired) electrons. The van der Waals surface area contributed by atoms with Crippen LogP contribution < -0.4 is 15.9 Å². The molecule has 1 fully saturated rings. The van der Waals surface area contributed by atoms with E-state index in [1.807, 2.05) is 56.4 Å². The van der Waals surface area contributed by atoms with E-state index in [0.717, 1.165) is 76.3 Å². The number of nitrogens with zero attached hydrogens (tertiary/aromatic N) is 6. The fraction of sp³-hybridized carbons (Fsp3) is 0.235. The van der Waals surface area contributed by atoms with Crippen molar-refractivity contribution in [3.05, 3.63) is 95.2 Å². The van der Waals surface area contributed by atoms with Gasteiger partial charge in [0.2, 0.25) is 0 Å². The molecule has 3 N–H and O–H groups in total. The van der Waals surface area contributed by atoms with Gasteiger partial charge in [-0.25, -0.2) is 19.4 Å². The molecule has 12 heteroatoms. The fourth-order valence-corrected chi connectivity index (χ4v) is 5.29. The smallest absolute Gasteiger partial charge is 0.333 e. The second-order valence-corrected chi connectivity index (χ2v) is 11.3. The first kappa shape index (κ1) is 31.6. The normalized spacial score (nSPS) is 13.4. The Balaban J connectivity index is 0.000000463. The highest BCUT2D eigenvalue weighted by molar-refractivity contribution is 6.04. The van der Waals surface area contributed by atoms with Gasteiger partial charge < -0.3 is 20.4 Å². The molecule has 234 valence electrons. The van der Waals surface area contributed by atoms with E-state index in [2.05, 4.69) is 39.5 Å². The summed E-state index contributed by atoms with van der Waals surface area (Å²) in [6.45, 7) is 7.61. The monoisotopic (exact) mass is 619 g/mol. The first-order valence-corrected chi connectivity index (χ1v) is 14.6. The molecule has 4 heterocycles. The molecule has 6 rings (SSSR count). The molecule has 1 aliphatic rings. The third-order valence-electron chi connectivity index (χ3n) is 7.90. The number of rotatable bonds is 6. The highest BCUT2D eigenvalue weighted by Crippen LogP contribution is 2.31. The van der Waals surface area contributed by atoms with Crippen molar-refractivity contribution in [2.24, 2.45) is 7.05 Å².